The molecule has 0 aromatic heterocycles. The molecule has 322 valence electrons. The van der Waals surface area contributed by atoms with Crippen molar-refractivity contribution in [1.29, 1.82) is 0 Å². The fraction of sp³-hybridized carbons (Fsp3) is 0.0303. The third-order valence-electron chi connectivity index (χ3n) is 13.8. The summed E-state index contributed by atoms with van der Waals surface area (Å²) < 4.78 is 0. The lowest BCUT2D eigenvalue weighted by Crippen LogP contribution is -2.14. The van der Waals surface area contributed by atoms with Gasteiger partial charge in [0.1, 0.15) is 0 Å². The van der Waals surface area contributed by atoms with E-state index in [0.29, 0.717) is 0 Å². The molecule has 0 aliphatic heterocycles. The van der Waals surface area contributed by atoms with E-state index < -0.39 is 0 Å². The molecule has 0 unspecified atom stereocenters. The predicted molar refractivity (Wildman–Crippen MR) is 291 cm³/mol. The summed E-state index contributed by atoms with van der Waals surface area (Å²) in [5, 5.41) is 7.33. The zero-order valence-corrected chi connectivity index (χ0v) is 38.1. The number of nitrogens with zero attached hydrogens (tertiary/aromatic N) is 2. The molecule has 0 spiro atoms. The van der Waals surface area contributed by atoms with Gasteiger partial charge in [-0.1, -0.05) is 218 Å². The van der Waals surface area contributed by atoms with Crippen molar-refractivity contribution < 1.29 is 0 Å². The molecule has 0 N–H and O–H groups in total. The lowest BCUT2D eigenvalue weighted by molar-refractivity contribution is 1.26. The van der Waals surface area contributed by atoms with Crippen molar-refractivity contribution in [2.75, 3.05) is 9.80 Å². The second-order valence-electron chi connectivity index (χ2n) is 17.7. The molecule has 2 heteroatoms. The van der Waals surface area contributed by atoms with E-state index in [0.717, 1.165) is 34.1 Å². The van der Waals surface area contributed by atoms with Gasteiger partial charge in [0.2, 0.25) is 0 Å². The van der Waals surface area contributed by atoms with Crippen LogP contribution < -0.4 is 9.80 Å². The van der Waals surface area contributed by atoms with Crippen LogP contribution in [0.2, 0.25) is 0 Å². The van der Waals surface area contributed by atoms with E-state index in [1.54, 1.807) is 0 Å². The van der Waals surface area contributed by atoms with Crippen LogP contribution >= 0.6 is 0 Å². The predicted octanol–water partition coefficient (Wildman–Crippen LogP) is 18.8. The van der Waals surface area contributed by atoms with Crippen molar-refractivity contribution in [3.8, 4) is 44.5 Å². The zero-order valence-electron chi connectivity index (χ0n) is 38.1. The molecule has 0 amide bonds. The maximum absolute atomic E-state index is 2.51. The Morgan fingerprint density at radius 2 is 0.529 bits per heavy atom. The van der Waals surface area contributed by atoms with Gasteiger partial charge < -0.3 is 9.80 Å². The maximum Gasteiger partial charge on any atom is 0.0575 e. The van der Waals surface area contributed by atoms with Crippen LogP contribution in [0.15, 0.2) is 255 Å². The summed E-state index contributed by atoms with van der Waals surface area (Å²) in [6, 6.07) is 93.0. The number of hydrogen-bond acceptors (Lipinski definition) is 2. The SMILES string of the molecule is Cc1c(-c2ccccc2)ccc(-c2ccccc2)c1N(c1ccccc1)c1ccc2ccc3ccc(N(c4ccccc4)c4c(-c5ccccc5)ccc(-c5ccccc5)c4C)c4ccc1c2c34. The van der Waals surface area contributed by atoms with Gasteiger partial charge in [-0.3, -0.25) is 0 Å². The minimum absolute atomic E-state index is 1.10. The van der Waals surface area contributed by atoms with Crippen molar-refractivity contribution in [2.45, 2.75) is 13.8 Å². The number of anilines is 6. The summed E-state index contributed by atoms with van der Waals surface area (Å²) in [5.41, 5.74) is 18.8. The fourth-order valence-corrected chi connectivity index (χ4v) is 10.6. The Morgan fingerprint density at radius 3 is 0.868 bits per heavy atom. The van der Waals surface area contributed by atoms with Crippen molar-refractivity contribution in [1.82, 2.24) is 0 Å². The maximum atomic E-state index is 2.51. The summed E-state index contributed by atoms with van der Waals surface area (Å²) in [7, 11) is 0. The van der Waals surface area contributed by atoms with Gasteiger partial charge in [-0.05, 0) is 116 Å². The van der Waals surface area contributed by atoms with E-state index in [-0.39, 0.29) is 0 Å². The highest BCUT2D eigenvalue weighted by molar-refractivity contribution is 6.28. The monoisotopic (exact) mass is 868 g/mol. The van der Waals surface area contributed by atoms with Gasteiger partial charge in [0, 0.05) is 33.3 Å². The summed E-state index contributed by atoms with van der Waals surface area (Å²) in [6.45, 7) is 4.58. The van der Waals surface area contributed by atoms with Gasteiger partial charge in [-0.25, -0.2) is 0 Å². The highest BCUT2D eigenvalue weighted by Crippen LogP contribution is 2.52. The summed E-state index contributed by atoms with van der Waals surface area (Å²) in [6.07, 6.45) is 0. The summed E-state index contributed by atoms with van der Waals surface area (Å²) in [5.74, 6) is 0. The molecule has 12 rings (SSSR count). The van der Waals surface area contributed by atoms with Crippen molar-refractivity contribution in [2.24, 2.45) is 0 Å². The summed E-state index contributed by atoms with van der Waals surface area (Å²) >= 11 is 0. The van der Waals surface area contributed by atoms with Crippen LogP contribution in [0.4, 0.5) is 34.1 Å². The van der Waals surface area contributed by atoms with Crippen LogP contribution in [-0.2, 0) is 0 Å². The van der Waals surface area contributed by atoms with Gasteiger partial charge >= 0.3 is 0 Å². The lowest BCUT2D eigenvalue weighted by atomic mass is 9.89. The molecule has 0 radical (unpaired) electrons. The van der Waals surface area contributed by atoms with Gasteiger partial charge in [-0.2, -0.15) is 0 Å². The van der Waals surface area contributed by atoms with Crippen LogP contribution in [-0.4, -0.2) is 0 Å². The van der Waals surface area contributed by atoms with E-state index in [4.69, 9.17) is 0 Å². The molecule has 0 bridgehead atoms. The van der Waals surface area contributed by atoms with Gasteiger partial charge in [-0.15, -0.1) is 0 Å². The molecular formula is C66H48N2. The Bertz CT molecular complexity index is 3470. The number of benzene rings is 12. The van der Waals surface area contributed by atoms with E-state index >= 15 is 0 Å². The number of hydrogen-bond donors (Lipinski definition) is 0. The van der Waals surface area contributed by atoms with E-state index in [1.807, 2.05) is 0 Å². The molecule has 0 aliphatic carbocycles. The van der Waals surface area contributed by atoms with Crippen molar-refractivity contribution in [3.05, 3.63) is 266 Å². The molecular weight excluding hydrogens is 821 g/mol. The van der Waals surface area contributed by atoms with Crippen LogP contribution in [0, 0.1) is 13.8 Å². The minimum atomic E-state index is 1.10. The molecule has 0 heterocycles. The molecule has 0 atom stereocenters. The lowest BCUT2D eigenvalue weighted by Gasteiger charge is -2.33. The van der Waals surface area contributed by atoms with Crippen LogP contribution in [0.1, 0.15) is 11.1 Å². The second kappa shape index (κ2) is 17.3. The molecule has 0 aliphatic rings. The number of rotatable bonds is 10. The third-order valence-corrected chi connectivity index (χ3v) is 13.8. The highest BCUT2D eigenvalue weighted by Gasteiger charge is 2.27. The Morgan fingerprint density at radius 1 is 0.250 bits per heavy atom. The molecule has 12 aromatic carbocycles. The first kappa shape index (κ1) is 40.8. The second-order valence-corrected chi connectivity index (χ2v) is 17.7. The Kier molecular flexibility index (Phi) is 10.3. The topological polar surface area (TPSA) is 6.48 Å². The standard InChI is InChI=1S/C66H48N2/c1-45-55(47-21-9-3-10-22-47)37-39-57(49-25-13-5-14-26-49)65(45)67(53-29-17-7-18-30-53)61-43-35-51-33-34-52-36-44-62(60-42-41-59(61)63(51)64(52)60)68(54-31-19-8-20-32-54)66-46(2)56(48-23-11-4-12-24-48)38-40-58(66)50-27-15-6-16-28-50/h3-44H,1-2H3. The van der Waals surface area contributed by atoms with Gasteiger partial charge in [0.25, 0.3) is 0 Å². The average molecular weight is 869 g/mol. The van der Waals surface area contributed by atoms with E-state index in [1.165, 1.54) is 88.0 Å². The Labute approximate surface area is 398 Å². The quantitative estimate of drug-likeness (QED) is 0.126. The number of para-hydroxylation sites is 2. The Balaban J connectivity index is 1.14. The van der Waals surface area contributed by atoms with Crippen LogP contribution in [0.5, 0.6) is 0 Å². The Hall–Kier alpha value is -8.72. The molecule has 2 nitrogen and oxygen atoms in total. The van der Waals surface area contributed by atoms with Gasteiger partial charge in [0.05, 0.1) is 22.7 Å². The smallest absolute Gasteiger partial charge is 0.0575 e. The minimum Gasteiger partial charge on any atom is -0.309 e. The molecule has 68 heavy (non-hydrogen) atoms. The average Bonchev–Trinajstić information content (AvgIpc) is 3.41. The first-order chi connectivity index (χ1) is 33.6. The zero-order chi connectivity index (χ0) is 45.6. The first-order valence-corrected chi connectivity index (χ1v) is 23.5. The van der Waals surface area contributed by atoms with Crippen LogP contribution in [0.3, 0.4) is 0 Å². The van der Waals surface area contributed by atoms with E-state index in [9.17, 15) is 0 Å². The van der Waals surface area contributed by atoms with Crippen molar-refractivity contribution >= 4 is 66.4 Å². The molecule has 12 aromatic rings. The largest absolute Gasteiger partial charge is 0.309 e. The molecule has 0 saturated carbocycles. The normalized spacial score (nSPS) is 11.4. The highest BCUT2D eigenvalue weighted by atomic mass is 15.2. The van der Waals surface area contributed by atoms with Gasteiger partial charge in [0.15, 0.2) is 0 Å². The molecule has 0 saturated heterocycles. The summed E-state index contributed by atoms with van der Waals surface area (Å²) in [4.78, 5) is 5.02. The van der Waals surface area contributed by atoms with E-state index in [2.05, 4.69) is 278 Å². The van der Waals surface area contributed by atoms with Crippen LogP contribution in [0.25, 0.3) is 76.8 Å². The fourth-order valence-electron chi connectivity index (χ4n) is 10.6. The first-order valence-electron chi connectivity index (χ1n) is 23.5. The van der Waals surface area contributed by atoms with Crippen molar-refractivity contribution in [3.63, 3.8) is 0 Å². The molecule has 0 fully saturated rings. The third kappa shape index (κ3) is 6.98.